The number of likely N-dealkylation sites (tertiary alicyclic amines) is 1. The Hall–Kier alpha value is -0.860. The molecule has 2 N–H and O–H groups in total. The Bertz CT molecular complexity index is 361. The van der Waals surface area contributed by atoms with E-state index in [-0.39, 0.29) is 5.41 Å². The summed E-state index contributed by atoms with van der Waals surface area (Å²) in [6.07, 6.45) is 3.65. The van der Waals surface area contributed by atoms with Crippen LogP contribution in [-0.2, 0) is 5.41 Å². The molecule has 0 bridgehead atoms. The normalized spacial score (nSPS) is 19.9. The number of hydrogen-bond acceptors (Lipinski definition) is 2. The van der Waals surface area contributed by atoms with E-state index in [4.69, 9.17) is 5.73 Å². The predicted molar refractivity (Wildman–Crippen MR) is 77.9 cm³/mol. The van der Waals surface area contributed by atoms with Gasteiger partial charge in [-0.05, 0) is 51.4 Å². The van der Waals surface area contributed by atoms with Gasteiger partial charge in [-0.2, -0.15) is 0 Å². The Morgan fingerprint density at radius 2 is 1.78 bits per heavy atom. The van der Waals surface area contributed by atoms with Crippen molar-refractivity contribution in [2.24, 2.45) is 5.73 Å². The van der Waals surface area contributed by atoms with Gasteiger partial charge >= 0.3 is 0 Å². The molecular formula is C16H26N2. The van der Waals surface area contributed by atoms with Crippen LogP contribution in [0.1, 0.15) is 37.3 Å². The van der Waals surface area contributed by atoms with E-state index in [1.165, 1.54) is 50.0 Å². The molecule has 2 heteroatoms. The van der Waals surface area contributed by atoms with Crippen molar-refractivity contribution in [3.05, 3.63) is 35.4 Å². The third kappa shape index (κ3) is 2.76. The summed E-state index contributed by atoms with van der Waals surface area (Å²) in [6, 6.07) is 8.98. The third-order valence-electron chi connectivity index (χ3n) is 4.41. The average Bonchev–Trinajstić information content (AvgIpc) is 2.41. The molecule has 0 aliphatic carbocycles. The van der Waals surface area contributed by atoms with Gasteiger partial charge in [-0.1, -0.05) is 36.8 Å². The molecule has 1 aliphatic rings. The number of piperidine rings is 1. The van der Waals surface area contributed by atoms with Gasteiger partial charge in [-0.3, -0.25) is 0 Å². The first-order valence-electron chi connectivity index (χ1n) is 7.20. The van der Waals surface area contributed by atoms with Crippen LogP contribution in [0, 0.1) is 6.92 Å². The molecule has 1 aromatic rings. The largest absolute Gasteiger partial charge is 0.330 e. The van der Waals surface area contributed by atoms with Crippen LogP contribution in [0.3, 0.4) is 0 Å². The summed E-state index contributed by atoms with van der Waals surface area (Å²) in [6.45, 7) is 8.79. The molecule has 0 spiro atoms. The summed E-state index contributed by atoms with van der Waals surface area (Å²) in [5.41, 5.74) is 9.09. The summed E-state index contributed by atoms with van der Waals surface area (Å²) in [5.74, 6) is 0. The van der Waals surface area contributed by atoms with Crippen molar-refractivity contribution in [1.82, 2.24) is 4.90 Å². The second kappa shape index (κ2) is 5.85. The van der Waals surface area contributed by atoms with Gasteiger partial charge in [-0.15, -0.1) is 0 Å². The molecule has 0 saturated carbocycles. The molecule has 0 aromatic heterocycles. The molecule has 1 aromatic carbocycles. The second-order valence-corrected chi connectivity index (χ2v) is 5.69. The zero-order valence-corrected chi connectivity index (χ0v) is 11.8. The van der Waals surface area contributed by atoms with Crippen LogP contribution < -0.4 is 5.73 Å². The van der Waals surface area contributed by atoms with Crippen molar-refractivity contribution in [2.45, 2.75) is 38.5 Å². The number of nitrogens with two attached hydrogens (primary N) is 1. The molecule has 0 amide bonds. The highest BCUT2D eigenvalue weighted by Gasteiger charge is 2.34. The van der Waals surface area contributed by atoms with E-state index in [0.29, 0.717) is 0 Å². The van der Waals surface area contributed by atoms with Crippen LogP contribution in [0.2, 0.25) is 0 Å². The predicted octanol–water partition coefficient (Wildman–Crippen LogP) is 2.70. The summed E-state index contributed by atoms with van der Waals surface area (Å²) in [4.78, 5) is 2.57. The molecule has 1 aliphatic heterocycles. The highest BCUT2D eigenvalue weighted by molar-refractivity contribution is 5.30. The van der Waals surface area contributed by atoms with Crippen molar-refractivity contribution < 1.29 is 0 Å². The second-order valence-electron chi connectivity index (χ2n) is 5.69. The Morgan fingerprint density at radius 1 is 1.17 bits per heavy atom. The molecule has 0 radical (unpaired) electrons. The number of hydrogen-bond donors (Lipinski definition) is 1. The van der Waals surface area contributed by atoms with E-state index in [1.807, 2.05) is 0 Å². The zero-order valence-electron chi connectivity index (χ0n) is 11.8. The highest BCUT2D eigenvalue weighted by Crippen LogP contribution is 2.34. The van der Waals surface area contributed by atoms with Crippen LogP contribution in [0.4, 0.5) is 0 Å². The fourth-order valence-corrected chi connectivity index (χ4v) is 3.04. The number of aryl methyl sites for hydroxylation is 1. The van der Waals surface area contributed by atoms with E-state index in [0.717, 1.165) is 6.54 Å². The summed E-state index contributed by atoms with van der Waals surface area (Å²) >= 11 is 0. The van der Waals surface area contributed by atoms with E-state index in [2.05, 4.69) is 43.0 Å². The lowest BCUT2D eigenvalue weighted by molar-refractivity contribution is 0.162. The fraction of sp³-hybridized carbons (Fsp3) is 0.625. The zero-order chi connectivity index (χ0) is 13.0. The molecule has 1 fully saturated rings. The maximum atomic E-state index is 6.11. The van der Waals surface area contributed by atoms with E-state index < -0.39 is 0 Å². The standard InChI is InChI=1S/C16H26N2/c1-3-10-18-11-8-16(13-17,9-12-18)15-6-4-14(2)5-7-15/h4-7H,3,8-13,17H2,1-2H3. The van der Waals surface area contributed by atoms with Crippen LogP contribution in [0.5, 0.6) is 0 Å². The molecular weight excluding hydrogens is 220 g/mol. The molecule has 1 saturated heterocycles. The SMILES string of the molecule is CCCN1CCC(CN)(c2ccc(C)cc2)CC1. The van der Waals surface area contributed by atoms with Crippen molar-refractivity contribution >= 4 is 0 Å². The smallest absolute Gasteiger partial charge is 0.00998 e. The maximum absolute atomic E-state index is 6.11. The lowest BCUT2D eigenvalue weighted by atomic mass is 9.72. The monoisotopic (exact) mass is 246 g/mol. The van der Waals surface area contributed by atoms with Crippen LogP contribution in [0.25, 0.3) is 0 Å². The third-order valence-corrected chi connectivity index (χ3v) is 4.41. The Balaban J connectivity index is 2.11. The molecule has 0 unspecified atom stereocenters. The summed E-state index contributed by atoms with van der Waals surface area (Å²) in [7, 11) is 0. The highest BCUT2D eigenvalue weighted by atomic mass is 15.1. The molecule has 1 heterocycles. The minimum absolute atomic E-state index is 0.220. The van der Waals surface area contributed by atoms with Gasteiger partial charge in [0.1, 0.15) is 0 Å². The van der Waals surface area contributed by atoms with Gasteiger partial charge in [0.25, 0.3) is 0 Å². The van der Waals surface area contributed by atoms with Crippen LogP contribution in [-0.4, -0.2) is 31.1 Å². The van der Waals surface area contributed by atoms with Crippen LogP contribution >= 0.6 is 0 Å². The average molecular weight is 246 g/mol. The fourth-order valence-electron chi connectivity index (χ4n) is 3.04. The lowest BCUT2D eigenvalue weighted by Gasteiger charge is -2.41. The topological polar surface area (TPSA) is 29.3 Å². The lowest BCUT2D eigenvalue weighted by Crippen LogP contribution is -2.46. The Labute approximate surface area is 111 Å². The van der Waals surface area contributed by atoms with Gasteiger partial charge < -0.3 is 10.6 Å². The van der Waals surface area contributed by atoms with E-state index in [9.17, 15) is 0 Å². The van der Waals surface area contributed by atoms with Crippen molar-refractivity contribution in [3.63, 3.8) is 0 Å². The molecule has 2 rings (SSSR count). The summed E-state index contributed by atoms with van der Waals surface area (Å²) < 4.78 is 0. The van der Waals surface area contributed by atoms with Gasteiger partial charge in [-0.25, -0.2) is 0 Å². The number of nitrogens with zero attached hydrogens (tertiary/aromatic N) is 1. The van der Waals surface area contributed by atoms with E-state index >= 15 is 0 Å². The maximum Gasteiger partial charge on any atom is 0.00998 e. The first-order valence-corrected chi connectivity index (χ1v) is 7.20. The van der Waals surface area contributed by atoms with Gasteiger partial charge in [0, 0.05) is 12.0 Å². The number of rotatable bonds is 4. The van der Waals surface area contributed by atoms with Crippen molar-refractivity contribution in [3.8, 4) is 0 Å². The quantitative estimate of drug-likeness (QED) is 0.885. The van der Waals surface area contributed by atoms with Gasteiger partial charge in [0.05, 0.1) is 0 Å². The molecule has 100 valence electrons. The first-order chi connectivity index (χ1) is 8.70. The van der Waals surface area contributed by atoms with Crippen molar-refractivity contribution in [2.75, 3.05) is 26.2 Å². The van der Waals surface area contributed by atoms with Gasteiger partial charge in [0.15, 0.2) is 0 Å². The minimum Gasteiger partial charge on any atom is -0.330 e. The minimum atomic E-state index is 0.220. The molecule has 2 nitrogen and oxygen atoms in total. The molecule has 0 atom stereocenters. The summed E-state index contributed by atoms with van der Waals surface area (Å²) in [5, 5.41) is 0. The number of benzene rings is 1. The Morgan fingerprint density at radius 3 is 2.28 bits per heavy atom. The van der Waals surface area contributed by atoms with E-state index in [1.54, 1.807) is 0 Å². The Kier molecular flexibility index (Phi) is 4.41. The first kappa shape index (κ1) is 13.6. The molecule has 18 heavy (non-hydrogen) atoms. The van der Waals surface area contributed by atoms with Gasteiger partial charge in [0.2, 0.25) is 0 Å². The van der Waals surface area contributed by atoms with Crippen LogP contribution in [0.15, 0.2) is 24.3 Å². The van der Waals surface area contributed by atoms with Crippen molar-refractivity contribution in [1.29, 1.82) is 0 Å².